The Morgan fingerprint density at radius 3 is 2.69 bits per heavy atom. The lowest BCUT2D eigenvalue weighted by atomic mass is 10.0. The number of thioether (sulfide) groups is 1. The molecule has 10 heteroatoms. The Morgan fingerprint density at radius 2 is 1.90 bits per heavy atom. The zero-order chi connectivity index (χ0) is 20.4. The second-order valence-electron chi connectivity index (χ2n) is 6.40. The normalized spacial score (nSPS) is 11.4. The number of anilines is 2. The fraction of sp³-hybridized carbons (Fsp3) is 0.158. The molecule has 9 nitrogen and oxygen atoms in total. The molecule has 2 heterocycles. The second-order valence-corrected chi connectivity index (χ2v) is 7.41. The van der Waals surface area contributed by atoms with Crippen molar-refractivity contribution in [2.75, 3.05) is 24.1 Å². The summed E-state index contributed by atoms with van der Waals surface area (Å²) >= 11 is 1.18. The van der Waals surface area contributed by atoms with E-state index in [-0.39, 0.29) is 5.75 Å². The van der Waals surface area contributed by atoms with Gasteiger partial charge in [-0.2, -0.15) is 0 Å². The second kappa shape index (κ2) is 8.13. The molecule has 2 aromatic carbocycles. The van der Waals surface area contributed by atoms with E-state index in [0.717, 1.165) is 33.3 Å². The van der Waals surface area contributed by atoms with Crippen molar-refractivity contribution in [1.29, 1.82) is 0 Å². The van der Waals surface area contributed by atoms with Gasteiger partial charge >= 0.3 is 0 Å². The maximum atomic E-state index is 9.01. The minimum absolute atomic E-state index is 0.102. The van der Waals surface area contributed by atoms with Gasteiger partial charge in [-0.15, -0.1) is 10.2 Å². The first-order valence-corrected chi connectivity index (χ1v) is 9.75. The van der Waals surface area contributed by atoms with Crippen molar-refractivity contribution >= 4 is 34.2 Å². The van der Waals surface area contributed by atoms with Gasteiger partial charge in [-0.1, -0.05) is 17.8 Å². The van der Waals surface area contributed by atoms with Crippen molar-refractivity contribution in [1.82, 2.24) is 20.2 Å². The zero-order valence-corrected chi connectivity index (χ0v) is 16.3. The van der Waals surface area contributed by atoms with Gasteiger partial charge in [0.05, 0.1) is 18.6 Å². The predicted molar refractivity (Wildman–Crippen MR) is 113 cm³/mol. The number of benzene rings is 2. The lowest BCUT2D eigenvalue weighted by Gasteiger charge is -2.10. The van der Waals surface area contributed by atoms with Gasteiger partial charge in [-0.3, -0.25) is 10.3 Å². The van der Waals surface area contributed by atoms with Gasteiger partial charge in [0.1, 0.15) is 5.82 Å². The summed E-state index contributed by atoms with van der Waals surface area (Å²) in [6.07, 6.45) is -1.41. The van der Waals surface area contributed by atoms with Gasteiger partial charge in [-0.05, 0) is 47.5 Å². The van der Waals surface area contributed by atoms with Gasteiger partial charge in [-0.25, -0.2) is 0 Å². The molecule has 7 N–H and O–H groups in total. The third kappa shape index (κ3) is 4.35. The molecule has 0 amide bonds. The fourth-order valence-corrected chi connectivity index (χ4v) is 3.61. The van der Waals surface area contributed by atoms with Crippen molar-refractivity contribution < 1.29 is 15.1 Å². The summed E-state index contributed by atoms with van der Waals surface area (Å²) in [5.74, 6) is 1.28. The summed E-state index contributed by atoms with van der Waals surface area (Å²) < 4.78 is 0. The molecule has 0 aliphatic heterocycles. The van der Waals surface area contributed by atoms with E-state index in [1.165, 1.54) is 11.8 Å². The summed E-state index contributed by atoms with van der Waals surface area (Å²) in [6, 6.07) is 13.8. The highest BCUT2D eigenvalue weighted by Crippen LogP contribution is 2.32. The van der Waals surface area contributed by atoms with Crippen molar-refractivity contribution in [2.45, 2.75) is 11.4 Å². The highest BCUT2D eigenvalue weighted by Gasteiger charge is 2.12. The molecule has 0 aliphatic carbocycles. The van der Waals surface area contributed by atoms with Crippen LogP contribution in [-0.2, 0) is 4.84 Å². The van der Waals surface area contributed by atoms with E-state index >= 15 is 0 Å². The molecule has 0 aliphatic rings. The molecule has 0 bridgehead atoms. The number of aliphatic hydroxyl groups excluding tert-OH is 1. The van der Waals surface area contributed by atoms with E-state index < -0.39 is 6.29 Å². The van der Waals surface area contributed by atoms with Crippen molar-refractivity contribution in [3.63, 3.8) is 0 Å². The summed E-state index contributed by atoms with van der Waals surface area (Å²) in [5, 5.41) is 27.8. The number of rotatable bonds is 7. The maximum absolute atomic E-state index is 9.01. The number of nitrogens with one attached hydrogen (secondary N) is 3. The lowest BCUT2D eigenvalue weighted by Crippen LogP contribution is -2.07. The van der Waals surface area contributed by atoms with Crippen LogP contribution in [0, 0.1) is 0 Å². The van der Waals surface area contributed by atoms with Gasteiger partial charge in [0.2, 0.25) is 0 Å². The number of aromatic amines is 2. The Hall–Kier alpha value is -3.05. The van der Waals surface area contributed by atoms with Gasteiger partial charge < -0.3 is 25.9 Å². The van der Waals surface area contributed by atoms with Crippen LogP contribution in [0.15, 0.2) is 47.6 Å². The Bertz CT molecular complexity index is 1140. The SMILES string of the molecule is CONc1cc(-c2ccc3[nH]c(N)cc3c2)cc(-c2nnc(SCC(O)O)[nH]2)c1. The highest BCUT2D eigenvalue weighted by atomic mass is 32.2. The van der Waals surface area contributed by atoms with E-state index in [9.17, 15) is 0 Å². The van der Waals surface area contributed by atoms with Gasteiger partial charge in [0, 0.05) is 16.5 Å². The fourth-order valence-electron chi connectivity index (χ4n) is 3.04. The predicted octanol–water partition coefficient (Wildman–Crippen LogP) is 2.58. The van der Waals surface area contributed by atoms with E-state index in [4.69, 9.17) is 20.8 Å². The molecule has 0 atom stereocenters. The van der Waals surface area contributed by atoms with Crippen LogP contribution < -0.4 is 11.2 Å². The minimum atomic E-state index is -1.41. The highest BCUT2D eigenvalue weighted by molar-refractivity contribution is 7.99. The molecule has 0 unspecified atom stereocenters. The van der Waals surface area contributed by atoms with Crippen LogP contribution in [0.5, 0.6) is 0 Å². The van der Waals surface area contributed by atoms with Crippen molar-refractivity contribution in [3.8, 4) is 22.5 Å². The lowest BCUT2D eigenvalue weighted by molar-refractivity contribution is -0.0186. The molecular formula is C19H20N6O3S. The summed E-state index contributed by atoms with van der Waals surface area (Å²) in [6.45, 7) is 0. The van der Waals surface area contributed by atoms with Crippen LogP contribution in [-0.4, -0.2) is 49.5 Å². The minimum Gasteiger partial charge on any atom is -0.385 e. The van der Waals surface area contributed by atoms with Crippen molar-refractivity contribution in [3.05, 3.63) is 42.5 Å². The molecule has 0 spiro atoms. The largest absolute Gasteiger partial charge is 0.385 e. The molecule has 4 aromatic rings. The summed E-state index contributed by atoms with van der Waals surface area (Å²) in [7, 11) is 1.55. The molecule has 150 valence electrons. The summed E-state index contributed by atoms with van der Waals surface area (Å²) in [5.41, 5.74) is 13.2. The number of nitrogens with zero attached hydrogens (tertiary/aromatic N) is 2. The average Bonchev–Trinajstić information content (AvgIpc) is 3.31. The third-order valence-electron chi connectivity index (χ3n) is 4.24. The first-order chi connectivity index (χ1) is 14.0. The quantitative estimate of drug-likeness (QED) is 0.154. The van der Waals surface area contributed by atoms with E-state index in [2.05, 4.69) is 31.7 Å². The van der Waals surface area contributed by atoms with Crippen LogP contribution in [0.2, 0.25) is 0 Å². The Morgan fingerprint density at radius 1 is 1.07 bits per heavy atom. The van der Waals surface area contributed by atoms with Crippen LogP contribution in [0.4, 0.5) is 11.5 Å². The van der Waals surface area contributed by atoms with Crippen molar-refractivity contribution in [2.24, 2.45) is 0 Å². The number of hydrogen-bond donors (Lipinski definition) is 6. The number of H-pyrrole nitrogens is 2. The molecule has 0 saturated carbocycles. The smallest absolute Gasteiger partial charge is 0.189 e. The Kier molecular flexibility index (Phi) is 5.41. The molecule has 0 saturated heterocycles. The third-order valence-corrected chi connectivity index (χ3v) is 5.16. The standard InChI is InChI=1S/C19H20N6O3S/c1-28-25-14-6-11(10-2-3-15-12(4-10)8-16(20)21-15)5-13(7-14)18-22-19(24-23-18)29-9-17(26)27/h2-8,17,21,25-27H,9,20H2,1H3,(H,22,23,24). The molecule has 2 aromatic heterocycles. The van der Waals surface area contributed by atoms with Crippen LogP contribution in [0.3, 0.4) is 0 Å². The number of nitrogens with two attached hydrogens (primary N) is 1. The maximum Gasteiger partial charge on any atom is 0.189 e. The molecule has 0 fully saturated rings. The molecule has 4 rings (SSSR count). The topological polar surface area (TPSA) is 145 Å². The Balaban J connectivity index is 1.72. The zero-order valence-electron chi connectivity index (χ0n) is 15.5. The van der Waals surface area contributed by atoms with Gasteiger partial charge in [0.15, 0.2) is 17.3 Å². The number of aromatic nitrogens is 4. The number of nitrogen functional groups attached to an aromatic ring is 1. The average molecular weight is 412 g/mol. The first-order valence-electron chi connectivity index (χ1n) is 8.76. The van der Waals surface area contributed by atoms with E-state index in [1.54, 1.807) is 7.11 Å². The molecule has 29 heavy (non-hydrogen) atoms. The van der Waals surface area contributed by atoms with Crippen LogP contribution >= 0.6 is 11.8 Å². The van der Waals surface area contributed by atoms with Gasteiger partial charge in [0.25, 0.3) is 0 Å². The number of fused-ring (bicyclic) bond motifs is 1. The van der Waals surface area contributed by atoms with E-state index in [1.807, 2.05) is 36.4 Å². The van der Waals surface area contributed by atoms with Crippen LogP contribution in [0.1, 0.15) is 0 Å². The first kappa shape index (κ1) is 19.3. The molecular weight excluding hydrogens is 392 g/mol. The summed E-state index contributed by atoms with van der Waals surface area (Å²) in [4.78, 5) is 11.3. The Labute approximate surface area is 170 Å². The number of hydrogen-bond acceptors (Lipinski definition) is 8. The van der Waals surface area contributed by atoms with E-state index in [0.29, 0.717) is 16.8 Å². The monoisotopic (exact) mass is 412 g/mol. The molecule has 0 radical (unpaired) electrons. The number of aliphatic hydroxyl groups is 2. The van der Waals surface area contributed by atoms with Crippen LogP contribution in [0.25, 0.3) is 33.4 Å².